The summed E-state index contributed by atoms with van der Waals surface area (Å²) in [5.74, 6) is 0. The van der Waals surface area contributed by atoms with Gasteiger partial charge >= 0.3 is 0 Å². The van der Waals surface area contributed by atoms with Crippen LogP contribution in [-0.2, 0) is 4.74 Å². The van der Waals surface area contributed by atoms with Gasteiger partial charge < -0.3 is 10.5 Å². The highest BCUT2D eigenvalue weighted by Crippen LogP contribution is 2.15. The predicted octanol–water partition coefficient (Wildman–Crippen LogP) is 2.16. The molecule has 0 fully saturated rings. The van der Waals surface area contributed by atoms with Crippen molar-refractivity contribution in [3.63, 3.8) is 0 Å². The van der Waals surface area contributed by atoms with Crippen LogP contribution < -0.4 is 5.73 Å². The molecule has 0 saturated carbocycles. The summed E-state index contributed by atoms with van der Waals surface area (Å²) in [6.07, 6.45) is 3.04. The van der Waals surface area contributed by atoms with Crippen LogP contribution in [0.1, 0.15) is 33.1 Å². The van der Waals surface area contributed by atoms with Crippen molar-refractivity contribution in [2.45, 2.75) is 38.6 Å². The van der Waals surface area contributed by atoms with Gasteiger partial charge in [0.25, 0.3) is 0 Å². The average molecular weight is 273 g/mol. The predicted molar refractivity (Wildman–Crippen MR) is 59.4 cm³/mol. The topological polar surface area (TPSA) is 35.2 Å². The van der Waals surface area contributed by atoms with E-state index < -0.39 is 0 Å². The summed E-state index contributed by atoms with van der Waals surface area (Å²) in [7, 11) is 1.71. The molecule has 0 bridgehead atoms. The van der Waals surface area contributed by atoms with Gasteiger partial charge in [0.15, 0.2) is 0 Å². The molecule has 0 unspecified atom stereocenters. The van der Waals surface area contributed by atoms with Gasteiger partial charge in [-0.25, -0.2) is 0 Å². The lowest BCUT2D eigenvalue weighted by molar-refractivity contribution is 0.164. The molecule has 2 nitrogen and oxygen atoms in total. The number of rotatable bonds is 5. The maximum atomic E-state index is 6.00. The quantitative estimate of drug-likeness (QED) is 0.779. The fraction of sp³-hybridized carbons (Fsp3) is 1.00. The highest BCUT2D eigenvalue weighted by molar-refractivity contribution is 14.0. The summed E-state index contributed by atoms with van der Waals surface area (Å²) in [5, 5.41) is 0. The molecule has 0 aromatic rings. The van der Waals surface area contributed by atoms with Gasteiger partial charge in [-0.05, 0) is 19.3 Å². The molecule has 0 aromatic carbocycles. The van der Waals surface area contributed by atoms with E-state index in [0.29, 0.717) is 0 Å². The highest BCUT2D eigenvalue weighted by Gasteiger charge is 2.18. The Bertz CT molecular complexity index is 84.2. The SMILES string of the molecule is CCC(N)(CC)CCOC.I. The number of halogens is 1. The Labute approximate surface area is 86.9 Å². The van der Waals surface area contributed by atoms with E-state index in [1.165, 1.54) is 0 Å². The number of methoxy groups -OCH3 is 1. The summed E-state index contributed by atoms with van der Waals surface area (Å²) in [5.41, 5.74) is 6.01. The van der Waals surface area contributed by atoms with Crippen molar-refractivity contribution in [3.05, 3.63) is 0 Å². The lowest BCUT2D eigenvalue weighted by atomic mass is 9.91. The lowest BCUT2D eigenvalue weighted by Crippen LogP contribution is -2.39. The zero-order chi connectivity index (χ0) is 8.04. The van der Waals surface area contributed by atoms with Crippen LogP contribution in [-0.4, -0.2) is 19.3 Å². The van der Waals surface area contributed by atoms with E-state index in [1.54, 1.807) is 7.11 Å². The van der Waals surface area contributed by atoms with Crippen molar-refractivity contribution in [1.82, 2.24) is 0 Å². The van der Waals surface area contributed by atoms with Gasteiger partial charge in [-0.1, -0.05) is 13.8 Å². The molecule has 0 rings (SSSR count). The first kappa shape index (κ1) is 14.2. The van der Waals surface area contributed by atoms with E-state index in [-0.39, 0.29) is 29.5 Å². The van der Waals surface area contributed by atoms with E-state index in [1.807, 2.05) is 0 Å². The van der Waals surface area contributed by atoms with Gasteiger partial charge in [-0.3, -0.25) is 0 Å². The highest BCUT2D eigenvalue weighted by atomic mass is 127. The van der Waals surface area contributed by atoms with Crippen LogP contribution in [0.15, 0.2) is 0 Å². The smallest absolute Gasteiger partial charge is 0.0479 e. The molecule has 70 valence electrons. The number of hydrogen-bond donors (Lipinski definition) is 1. The summed E-state index contributed by atoms with van der Waals surface area (Å²) in [6.45, 7) is 5.02. The van der Waals surface area contributed by atoms with Gasteiger partial charge in [0.1, 0.15) is 0 Å². The maximum Gasteiger partial charge on any atom is 0.0479 e. The minimum Gasteiger partial charge on any atom is -0.385 e. The van der Waals surface area contributed by atoms with Crippen LogP contribution >= 0.6 is 24.0 Å². The summed E-state index contributed by atoms with van der Waals surface area (Å²) in [6, 6.07) is 0. The monoisotopic (exact) mass is 273 g/mol. The second-order valence-electron chi connectivity index (χ2n) is 2.81. The van der Waals surface area contributed by atoms with Crippen molar-refractivity contribution in [2.24, 2.45) is 5.73 Å². The van der Waals surface area contributed by atoms with E-state index in [0.717, 1.165) is 25.9 Å². The number of hydrogen-bond acceptors (Lipinski definition) is 2. The molecule has 0 aliphatic rings. The van der Waals surface area contributed by atoms with Gasteiger partial charge in [0, 0.05) is 19.3 Å². The Morgan fingerprint density at radius 1 is 1.27 bits per heavy atom. The molecule has 0 aliphatic heterocycles. The number of nitrogens with two attached hydrogens (primary N) is 1. The maximum absolute atomic E-state index is 6.00. The minimum atomic E-state index is 0. The first-order valence-electron chi connectivity index (χ1n) is 3.96. The Morgan fingerprint density at radius 3 is 2.00 bits per heavy atom. The zero-order valence-corrected chi connectivity index (χ0v) is 10.1. The minimum absolute atomic E-state index is 0. The van der Waals surface area contributed by atoms with Crippen molar-refractivity contribution in [3.8, 4) is 0 Å². The lowest BCUT2D eigenvalue weighted by Gasteiger charge is -2.25. The molecule has 0 heterocycles. The largest absolute Gasteiger partial charge is 0.385 e. The third kappa shape index (κ3) is 5.87. The van der Waals surface area contributed by atoms with Crippen molar-refractivity contribution in [1.29, 1.82) is 0 Å². The van der Waals surface area contributed by atoms with E-state index >= 15 is 0 Å². The fourth-order valence-corrected chi connectivity index (χ4v) is 0.909. The second-order valence-corrected chi connectivity index (χ2v) is 2.81. The third-order valence-corrected chi connectivity index (χ3v) is 2.21. The van der Waals surface area contributed by atoms with Crippen LogP contribution in [0.4, 0.5) is 0 Å². The van der Waals surface area contributed by atoms with Crippen LogP contribution in [0.25, 0.3) is 0 Å². The zero-order valence-electron chi connectivity index (χ0n) is 7.72. The van der Waals surface area contributed by atoms with Crippen molar-refractivity contribution >= 4 is 24.0 Å². The van der Waals surface area contributed by atoms with E-state index in [2.05, 4.69) is 13.8 Å². The van der Waals surface area contributed by atoms with Gasteiger partial charge in [-0.15, -0.1) is 24.0 Å². The third-order valence-electron chi connectivity index (χ3n) is 2.21. The van der Waals surface area contributed by atoms with Gasteiger partial charge in [0.05, 0.1) is 0 Å². The fourth-order valence-electron chi connectivity index (χ4n) is 0.909. The Kier molecular flexibility index (Phi) is 9.43. The average Bonchev–Trinajstić information content (AvgIpc) is 2.00. The van der Waals surface area contributed by atoms with Gasteiger partial charge in [0.2, 0.25) is 0 Å². The summed E-state index contributed by atoms with van der Waals surface area (Å²) in [4.78, 5) is 0. The molecule has 0 amide bonds. The molecule has 0 spiro atoms. The molecular weight excluding hydrogens is 253 g/mol. The first-order valence-corrected chi connectivity index (χ1v) is 3.96. The standard InChI is InChI=1S/C8H19NO.HI/c1-4-8(9,5-2)6-7-10-3;/h4-7,9H2,1-3H3;1H. The van der Waals surface area contributed by atoms with Crippen LogP contribution in [0.2, 0.25) is 0 Å². The Hall–Kier alpha value is 0.650. The van der Waals surface area contributed by atoms with Crippen molar-refractivity contribution < 1.29 is 4.74 Å². The Morgan fingerprint density at radius 2 is 1.73 bits per heavy atom. The number of ether oxygens (including phenoxy) is 1. The molecule has 0 atom stereocenters. The second kappa shape index (κ2) is 7.31. The first-order chi connectivity index (χ1) is 4.68. The van der Waals surface area contributed by atoms with Crippen LogP contribution in [0.5, 0.6) is 0 Å². The molecule has 0 radical (unpaired) electrons. The molecule has 3 heteroatoms. The molecule has 0 aromatic heterocycles. The molecule has 0 saturated heterocycles. The van der Waals surface area contributed by atoms with E-state index in [4.69, 9.17) is 10.5 Å². The van der Waals surface area contributed by atoms with Crippen LogP contribution in [0, 0.1) is 0 Å². The normalized spacial score (nSPS) is 10.9. The summed E-state index contributed by atoms with van der Waals surface area (Å²) >= 11 is 0. The van der Waals surface area contributed by atoms with E-state index in [9.17, 15) is 0 Å². The molecule has 0 aliphatic carbocycles. The molecule has 11 heavy (non-hydrogen) atoms. The summed E-state index contributed by atoms with van der Waals surface area (Å²) < 4.78 is 4.96. The van der Waals surface area contributed by atoms with Crippen LogP contribution in [0.3, 0.4) is 0 Å². The molecule has 2 N–H and O–H groups in total. The van der Waals surface area contributed by atoms with Gasteiger partial charge in [-0.2, -0.15) is 0 Å². The Balaban J connectivity index is 0. The van der Waals surface area contributed by atoms with Crippen molar-refractivity contribution in [2.75, 3.05) is 13.7 Å². The molecular formula is C8H20INO.